The lowest BCUT2D eigenvalue weighted by atomic mass is 10.0. The smallest absolute Gasteiger partial charge is 0.240 e. The number of hydrogen-bond donors (Lipinski definition) is 3. The van der Waals surface area contributed by atoms with E-state index in [1.807, 2.05) is 25.7 Å². The number of nitrogens with one attached hydrogen (secondary N) is 1. The van der Waals surface area contributed by atoms with E-state index >= 15 is 0 Å². The Hall–Kier alpha value is -1.44. The first-order valence-corrected chi connectivity index (χ1v) is 7.17. The number of aromatic amines is 1. The third-order valence-corrected chi connectivity index (χ3v) is 3.58. The molecule has 0 saturated carbocycles. The number of carbonyl (C=O) groups excluding carboxylic acids is 1. The van der Waals surface area contributed by atoms with E-state index in [0.29, 0.717) is 0 Å². The predicted octanol–water partition coefficient (Wildman–Crippen LogP) is 1.96. The van der Waals surface area contributed by atoms with Gasteiger partial charge in [-0.1, -0.05) is 13.8 Å². The topological polar surface area (TPSA) is 104 Å². The van der Waals surface area contributed by atoms with Crippen LogP contribution in [0.3, 0.4) is 0 Å². The number of imidazole rings is 1. The number of aromatic nitrogens is 2. The lowest BCUT2D eigenvalue weighted by Gasteiger charge is -2.27. The molecule has 7 heteroatoms. The third kappa shape index (κ3) is 4.52. The van der Waals surface area contributed by atoms with Gasteiger partial charge in [0.2, 0.25) is 5.91 Å². The van der Waals surface area contributed by atoms with Gasteiger partial charge in [-0.2, -0.15) is 0 Å². The molecular weight excluding hydrogens is 272 g/mol. The minimum Gasteiger partial charge on any atom is -0.344 e. The van der Waals surface area contributed by atoms with E-state index in [9.17, 15) is 4.79 Å². The van der Waals surface area contributed by atoms with E-state index < -0.39 is 6.04 Å². The highest BCUT2D eigenvalue weighted by molar-refractivity contribution is 5.82. The maximum Gasteiger partial charge on any atom is 0.240 e. The van der Waals surface area contributed by atoms with Crippen LogP contribution in [-0.2, 0) is 9.68 Å². The van der Waals surface area contributed by atoms with Crippen molar-refractivity contribution in [2.24, 2.45) is 11.7 Å². The van der Waals surface area contributed by atoms with Crippen molar-refractivity contribution < 1.29 is 17.8 Å². The second-order valence-electron chi connectivity index (χ2n) is 5.59. The van der Waals surface area contributed by atoms with Crippen LogP contribution in [0.15, 0.2) is 6.20 Å². The summed E-state index contributed by atoms with van der Waals surface area (Å²) in [6, 6.07) is -0.349. The largest absolute Gasteiger partial charge is 0.344 e. The number of hydrogen-bond acceptors (Lipinski definition) is 5. The van der Waals surface area contributed by atoms with Crippen molar-refractivity contribution in [2.45, 2.75) is 45.7 Å². The molecule has 4 N–H and O–H groups in total. The van der Waals surface area contributed by atoms with E-state index in [0.717, 1.165) is 30.9 Å². The average Bonchev–Trinajstić information content (AvgIpc) is 3.05. The molecule has 0 aromatic carbocycles. The summed E-state index contributed by atoms with van der Waals surface area (Å²) in [4.78, 5) is 25.0. The molecule has 1 aliphatic heterocycles. The predicted molar refractivity (Wildman–Crippen MR) is 83.7 cm³/mol. The third-order valence-electron chi connectivity index (χ3n) is 3.58. The minimum atomic E-state index is -0.415. The number of rotatable bonds is 3. The fourth-order valence-corrected chi connectivity index (χ4v) is 2.39. The standard InChI is InChI=1S/C13H22N4O.CH4O2.2H2/c1-8(2)11(14)13(18)17-6-4-5-10(17)12-15-7-9(3)16-12;1-3-2;;/h7-8,10-11H,4-6,14H2,1-3H3,(H,15,16);2H,1H3;2*1H/t10-,11-;;;/m0.../s1. The Bertz CT molecular complexity index is 457. The van der Waals surface area contributed by atoms with Gasteiger partial charge in [0.15, 0.2) is 0 Å². The normalized spacial score (nSPS) is 19.4. The molecule has 1 amide bonds. The molecular formula is C14H30N4O3. The van der Waals surface area contributed by atoms with Crippen molar-refractivity contribution in [3.05, 3.63) is 17.7 Å². The fourth-order valence-electron chi connectivity index (χ4n) is 2.39. The molecule has 7 nitrogen and oxygen atoms in total. The van der Waals surface area contributed by atoms with Gasteiger partial charge in [0, 0.05) is 21.3 Å². The SMILES string of the molecule is COO.Cc1cnc([C@@H]2CCCN2C(=O)[C@@H](N)C(C)C)[nH]1.[HH].[HH]. The zero-order valence-corrected chi connectivity index (χ0v) is 13.2. The average molecular weight is 302 g/mol. The zero-order chi connectivity index (χ0) is 16.0. The van der Waals surface area contributed by atoms with Crippen molar-refractivity contribution in [1.29, 1.82) is 0 Å². The molecule has 0 spiro atoms. The van der Waals surface area contributed by atoms with Gasteiger partial charge in [-0.15, -0.1) is 0 Å². The van der Waals surface area contributed by atoms with Gasteiger partial charge < -0.3 is 15.6 Å². The van der Waals surface area contributed by atoms with Crippen LogP contribution in [0.4, 0.5) is 0 Å². The van der Waals surface area contributed by atoms with Gasteiger partial charge in [-0.05, 0) is 25.7 Å². The number of likely N-dealkylation sites (tertiary alicyclic amines) is 1. The Labute approximate surface area is 128 Å². The highest BCUT2D eigenvalue weighted by atomic mass is 17.1. The summed E-state index contributed by atoms with van der Waals surface area (Å²) < 4.78 is 0. The van der Waals surface area contributed by atoms with E-state index in [1.165, 1.54) is 7.11 Å². The van der Waals surface area contributed by atoms with Crippen molar-refractivity contribution in [1.82, 2.24) is 14.9 Å². The summed E-state index contributed by atoms with van der Waals surface area (Å²) in [5, 5.41) is 7.07. The first-order valence-electron chi connectivity index (χ1n) is 7.17. The molecule has 1 aromatic heterocycles. The maximum atomic E-state index is 12.3. The number of aryl methyl sites for hydroxylation is 1. The summed E-state index contributed by atoms with van der Waals surface area (Å²) >= 11 is 0. The van der Waals surface area contributed by atoms with Crippen LogP contribution in [0.1, 0.15) is 47.1 Å². The maximum absolute atomic E-state index is 12.3. The van der Waals surface area contributed by atoms with Crippen LogP contribution >= 0.6 is 0 Å². The molecule has 0 unspecified atom stereocenters. The summed E-state index contributed by atoms with van der Waals surface area (Å²) in [6.07, 6.45) is 3.78. The van der Waals surface area contributed by atoms with Crippen LogP contribution in [0.25, 0.3) is 0 Å². The molecule has 1 aliphatic rings. The number of carbonyl (C=O) groups is 1. The minimum absolute atomic E-state index is 0. The van der Waals surface area contributed by atoms with Crippen molar-refractivity contribution in [3.8, 4) is 0 Å². The van der Waals surface area contributed by atoms with E-state index in [2.05, 4.69) is 14.9 Å². The number of nitrogens with zero attached hydrogens (tertiary/aromatic N) is 2. The molecule has 21 heavy (non-hydrogen) atoms. The zero-order valence-electron chi connectivity index (χ0n) is 13.2. The Balaban J connectivity index is 0. The second kappa shape index (κ2) is 8.11. The molecule has 1 aromatic rings. The van der Waals surface area contributed by atoms with E-state index in [4.69, 9.17) is 11.0 Å². The molecule has 124 valence electrons. The summed E-state index contributed by atoms with van der Waals surface area (Å²) in [6.45, 7) is 6.70. The molecule has 2 atom stereocenters. The molecule has 2 heterocycles. The highest BCUT2D eigenvalue weighted by Gasteiger charge is 2.34. The highest BCUT2D eigenvalue weighted by Crippen LogP contribution is 2.30. The van der Waals surface area contributed by atoms with E-state index in [1.54, 1.807) is 6.20 Å². The Morgan fingerprint density at radius 1 is 1.67 bits per heavy atom. The van der Waals surface area contributed by atoms with Crippen molar-refractivity contribution in [2.75, 3.05) is 13.7 Å². The van der Waals surface area contributed by atoms with Crippen LogP contribution < -0.4 is 5.73 Å². The second-order valence-corrected chi connectivity index (χ2v) is 5.59. The van der Waals surface area contributed by atoms with Gasteiger partial charge in [0.1, 0.15) is 5.82 Å². The van der Waals surface area contributed by atoms with Gasteiger partial charge in [0.05, 0.1) is 19.2 Å². The molecule has 0 bridgehead atoms. The molecule has 1 saturated heterocycles. The van der Waals surface area contributed by atoms with Crippen LogP contribution in [0.2, 0.25) is 0 Å². The first kappa shape index (κ1) is 17.6. The van der Waals surface area contributed by atoms with Crippen molar-refractivity contribution >= 4 is 5.91 Å². The summed E-state index contributed by atoms with van der Waals surface area (Å²) in [5.41, 5.74) is 6.99. The fraction of sp³-hybridized carbons (Fsp3) is 0.714. The van der Waals surface area contributed by atoms with Gasteiger partial charge in [-0.25, -0.2) is 9.87 Å². The quantitative estimate of drug-likeness (QED) is 0.585. The summed E-state index contributed by atoms with van der Waals surface area (Å²) in [7, 11) is 1.18. The Kier molecular flexibility index (Phi) is 6.80. The van der Waals surface area contributed by atoms with Gasteiger partial charge in [0.25, 0.3) is 0 Å². The Morgan fingerprint density at radius 2 is 2.29 bits per heavy atom. The van der Waals surface area contributed by atoms with Crippen molar-refractivity contribution in [3.63, 3.8) is 0 Å². The van der Waals surface area contributed by atoms with Crippen LogP contribution in [0, 0.1) is 12.8 Å². The summed E-state index contributed by atoms with van der Waals surface area (Å²) in [5.74, 6) is 1.09. The monoisotopic (exact) mass is 302 g/mol. The molecule has 2 rings (SSSR count). The lowest BCUT2D eigenvalue weighted by Crippen LogP contribution is -2.46. The van der Waals surface area contributed by atoms with Crippen LogP contribution in [-0.4, -0.2) is 45.7 Å². The number of H-pyrrole nitrogens is 1. The number of amides is 1. The van der Waals surface area contributed by atoms with Crippen LogP contribution in [0.5, 0.6) is 0 Å². The molecule has 0 aliphatic carbocycles. The van der Waals surface area contributed by atoms with Gasteiger partial charge in [-0.3, -0.25) is 10.1 Å². The number of nitrogens with two attached hydrogens (primary N) is 1. The molecule has 0 radical (unpaired) electrons. The Morgan fingerprint density at radius 3 is 2.76 bits per heavy atom. The lowest BCUT2D eigenvalue weighted by molar-refractivity contribution is -0.214. The van der Waals surface area contributed by atoms with E-state index in [-0.39, 0.29) is 20.7 Å². The first-order chi connectivity index (χ1) is 9.92. The van der Waals surface area contributed by atoms with Gasteiger partial charge >= 0.3 is 0 Å². The molecule has 1 fully saturated rings.